The lowest BCUT2D eigenvalue weighted by atomic mass is 9.97. The largest absolute Gasteiger partial charge is 0.496 e. The van der Waals surface area contributed by atoms with Crippen LogP contribution in [0.2, 0.25) is 0 Å². The van der Waals surface area contributed by atoms with Gasteiger partial charge in [0.05, 0.1) is 12.7 Å². The molecule has 15 heavy (non-hydrogen) atoms. The lowest BCUT2D eigenvalue weighted by Gasteiger charge is -2.23. The molecule has 0 aliphatic heterocycles. The minimum absolute atomic E-state index is 0.0747. The third kappa shape index (κ3) is 2.48. The van der Waals surface area contributed by atoms with Gasteiger partial charge in [-0.3, -0.25) is 0 Å². The van der Waals surface area contributed by atoms with Crippen LogP contribution in [0.3, 0.4) is 0 Å². The zero-order valence-corrected chi connectivity index (χ0v) is 10.4. The van der Waals surface area contributed by atoms with Crippen LogP contribution < -0.4 is 4.74 Å². The maximum atomic E-state index is 13.8. The van der Waals surface area contributed by atoms with E-state index < -0.39 is 11.8 Å². The Morgan fingerprint density at radius 3 is 2.40 bits per heavy atom. The van der Waals surface area contributed by atoms with Crippen molar-refractivity contribution in [1.82, 2.24) is 0 Å². The van der Waals surface area contributed by atoms with E-state index in [2.05, 4.69) is 15.9 Å². The molecule has 0 aliphatic carbocycles. The number of ether oxygens (including phenoxy) is 1. The average molecular weight is 279 g/mol. The summed E-state index contributed by atoms with van der Waals surface area (Å²) in [6, 6.07) is 4.62. The highest BCUT2D eigenvalue weighted by Gasteiger charge is 2.38. The lowest BCUT2D eigenvalue weighted by Crippen LogP contribution is -2.21. The summed E-state index contributed by atoms with van der Waals surface area (Å²) in [6.07, 6.45) is 0. The molecule has 0 amide bonds. The number of benzene rings is 1. The zero-order valence-electron chi connectivity index (χ0n) is 8.85. The molecule has 1 nitrogen and oxygen atoms in total. The SMILES string of the molecule is COc1ccc(Br)cc1C(F)(F)C(C)C. The van der Waals surface area contributed by atoms with Gasteiger partial charge in [-0.2, -0.15) is 0 Å². The van der Waals surface area contributed by atoms with E-state index in [1.54, 1.807) is 6.07 Å². The van der Waals surface area contributed by atoms with Crippen molar-refractivity contribution in [3.8, 4) is 5.75 Å². The highest BCUT2D eigenvalue weighted by Crippen LogP contribution is 2.41. The van der Waals surface area contributed by atoms with Crippen LogP contribution in [-0.2, 0) is 5.92 Å². The number of hydrogen-bond acceptors (Lipinski definition) is 1. The smallest absolute Gasteiger partial charge is 0.279 e. The van der Waals surface area contributed by atoms with Crippen LogP contribution in [0.4, 0.5) is 8.78 Å². The number of rotatable bonds is 3. The first kappa shape index (κ1) is 12.4. The van der Waals surface area contributed by atoms with Crippen molar-refractivity contribution in [2.75, 3.05) is 7.11 Å². The second kappa shape index (κ2) is 4.47. The second-order valence-corrected chi connectivity index (χ2v) is 4.54. The van der Waals surface area contributed by atoms with Crippen molar-refractivity contribution in [2.24, 2.45) is 5.92 Å². The lowest BCUT2D eigenvalue weighted by molar-refractivity contribution is -0.0531. The molecule has 0 saturated carbocycles. The molecule has 0 unspecified atom stereocenters. The average Bonchev–Trinajstić information content (AvgIpc) is 2.17. The van der Waals surface area contributed by atoms with E-state index in [-0.39, 0.29) is 11.3 Å². The topological polar surface area (TPSA) is 9.23 Å². The fraction of sp³-hybridized carbons (Fsp3) is 0.455. The molecule has 0 aliphatic rings. The van der Waals surface area contributed by atoms with Gasteiger partial charge in [-0.1, -0.05) is 29.8 Å². The van der Waals surface area contributed by atoms with Gasteiger partial charge in [0.2, 0.25) is 0 Å². The van der Waals surface area contributed by atoms with E-state index in [1.807, 2.05) is 0 Å². The van der Waals surface area contributed by atoms with Gasteiger partial charge < -0.3 is 4.74 Å². The quantitative estimate of drug-likeness (QED) is 0.805. The molecule has 1 aromatic carbocycles. The summed E-state index contributed by atoms with van der Waals surface area (Å²) in [5.74, 6) is -3.42. The Hall–Kier alpha value is -0.640. The van der Waals surface area contributed by atoms with Crippen LogP contribution in [0.1, 0.15) is 19.4 Å². The van der Waals surface area contributed by atoms with Crippen molar-refractivity contribution in [2.45, 2.75) is 19.8 Å². The number of methoxy groups -OCH3 is 1. The molecule has 4 heteroatoms. The summed E-state index contributed by atoms with van der Waals surface area (Å²) in [7, 11) is 1.39. The van der Waals surface area contributed by atoms with E-state index in [4.69, 9.17) is 4.74 Å². The fourth-order valence-electron chi connectivity index (χ4n) is 1.25. The summed E-state index contributed by atoms with van der Waals surface area (Å²) in [5.41, 5.74) is -0.0747. The van der Waals surface area contributed by atoms with E-state index in [0.29, 0.717) is 4.47 Å². The predicted molar refractivity (Wildman–Crippen MR) is 59.4 cm³/mol. The first-order valence-electron chi connectivity index (χ1n) is 4.61. The molecule has 0 radical (unpaired) electrons. The number of hydrogen-bond donors (Lipinski definition) is 0. The van der Waals surface area contributed by atoms with Crippen molar-refractivity contribution in [3.05, 3.63) is 28.2 Å². The zero-order chi connectivity index (χ0) is 11.6. The Balaban J connectivity index is 3.28. The van der Waals surface area contributed by atoms with E-state index in [9.17, 15) is 8.78 Å². The first-order valence-corrected chi connectivity index (χ1v) is 5.40. The molecule has 0 fully saturated rings. The van der Waals surface area contributed by atoms with Gasteiger partial charge in [-0.15, -0.1) is 0 Å². The van der Waals surface area contributed by atoms with Gasteiger partial charge in [0, 0.05) is 10.4 Å². The summed E-state index contributed by atoms with van der Waals surface area (Å²) in [4.78, 5) is 0. The van der Waals surface area contributed by atoms with Crippen LogP contribution in [0.5, 0.6) is 5.75 Å². The van der Waals surface area contributed by atoms with Crippen LogP contribution in [0, 0.1) is 5.92 Å². The van der Waals surface area contributed by atoms with Gasteiger partial charge in [-0.25, -0.2) is 8.78 Å². The summed E-state index contributed by atoms with van der Waals surface area (Å²) >= 11 is 3.18. The van der Waals surface area contributed by atoms with Crippen LogP contribution in [-0.4, -0.2) is 7.11 Å². The normalized spacial score (nSPS) is 11.9. The van der Waals surface area contributed by atoms with Gasteiger partial charge in [0.25, 0.3) is 5.92 Å². The summed E-state index contributed by atoms with van der Waals surface area (Å²) < 4.78 is 33.2. The molecule has 0 bridgehead atoms. The fourth-order valence-corrected chi connectivity index (χ4v) is 1.61. The summed E-state index contributed by atoms with van der Waals surface area (Å²) in [5, 5.41) is 0. The molecular weight excluding hydrogens is 266 g/mol. The maximum absolute atomic E-state index is 13.8. The van der Waals surface area contributed by atoms with Crippen molar-refractivity contribution >= 4 is 15.9 Å². The first-order chi connectivity index (χ1) is 6.89. The molecule has 84 valence electrons. The van der Waals surface area contributed by atoms with Gasteiger partial charge >= 0.3 is 0 Å². The standard InChI is InChI=1S/C11H13BrF2O/c1-7(2)11(13,14)9-6-8(12)4-5-10(9)15-3/h4-7H,1-3H3. The van der Waals surface area contributed by atoms with Crippen molar-refractivity contribution < 1.29 is 13.5 Å². The Bertz CT molecular complexity index is 350. The van der Waals surface area contributed by atoms with Gasteiger partial charge in [-0.05, 0) is 18.2 Å². The third-order valence-electron chi connectivity index (χ3n) is 2.25. The van der Waals surface area contributed by atoms with E-state index >= 15 is 0 Å². The minimum Gasteiger partial charge on any atom is -0.496 e. The Kier molecular flexibility index (Phi) is 3.71. The molecular formula is C11H13BrF2O. The second-order valence-electron chi connectivity index (χ2n) is 3.62. The highest BCUT2D eigenvalue weighted by atomic mass is 79.9. The number of halogens is 3. The molecule has 0 heterocycles. The van der Waals surface area contributed by atoms with Gasteiger partial charge in [0.15, 0.2) is 0 Å². The minimum atomic E-state index is -2.88. The third-order valence-corrected chi connectivity index (χ3v) is 2.74. The molecule has 1 rings (SSSR count). The Labute approximate surface area is 96.6 Å². The van der Waals surface area contributed by atoms with Crippen LogP contribution in [0.25, 0.3) is 0 Å². The molecule has 0 N–H and O–H groups in total. The van der Waals surface area contributed by atoms with Crippen LogP contribution in [0.15, 0.2) is 22.7 Å². The number of alkyl halides is 2. The maximum Gasteiger partial charge on any atom is 0.279 e. The molecule has 0 atom stereocenters. The molecule has 0 aromatic heterocycles. The van der Waals surface area contributed by atoms with Crippen molar-refractivity contribution in [3.63, 3.8) is 0 Å². The predicted octanol–water partition coefficient (Wildman–Crippen LogP) is 4.21. The molecule has 0 spiro atoms. The summed E-state index contributed by atoms with van der Waals surface area (Å²) in [6.45, 7) is 2.97. The highest BCUT2D eigenvalue weighted by molar-refractivity contribution is 9.10. The Morgan fingerprint density at radius 2 is 1.93 bits per heavy atom. The molecule has 0 saturated heterocycles. The van der Waals surface area contributed by atoms with Crippen LogP contribution >= 0.6 is 15.9 Å². The van der Waals surface area contributed by atoms with Gasteiger partial charge in [0.1, 0.15) is 5.75 Å². The van der Waals surface area contributed by atoms with E-state index in [1.165, 1.54) is 33.1 Å². The monoisotopic (exact) mass is 278 g/mol. The van der Waals surface area contributed by atoms with Crippen molar-refractivity contribution in [1.29, 1.82) is 0 Å². The Morgan fingerprint density at radius 1 is 1.33 bits per heavy atom. The van der Waals surface area contributed by atoms with E-state index in [0.717, 1.165) is 0 Å². The molecule has 1 aromatic rings.